The number of furan rings is 1. The standard InChI is InChI=1S/C19H16BrNO4/c1-3-24-19(23)17-12(2)21(14-8-6-13(20)7-9-14)18(22)16(17)11-15-5-4-10-25-15/h4-11H,3H2,1-2H3/b16-11-. The van der Waals surface area contributed by atoms with Gasteiger partial charge in [-0.05, 0) is 56.3 Å². The first kappa shape index (κ1) is 17.2. The number of ether oxygens (including phenoxy) is 1. The van der Waals surface area contributed by atoms with Crippen LogP contribution in [-0.4, -0.2) is 18.5 Å². The molecule has 6 heteroatoms. The molecule has 3 rings (SSSR count). The van der Waals surface area contributed by atoms with Gasteiger partial charge >= 0.3 is 5.97 Å². The molecule has 0 aliphatic carbocycles. The van der Waals surface area contributed by atoms with Crippen molar-refractivity contribution in [2.24, 2.45) is 0 Å². The number of rotatable bonds is 4. The van der Waals surface area contributed by atoms with Gasteiger partial charge < -0.3 is 9.15 Å². The molecule has 0 N–H and O–H groups in total. The Morgan fingerprint density at radius 3 is 2.60 bits per heavy atom. The van der Waals surface area contributed by atoms with Gasteiger partial charge in [0.05, 0.1) is 24.0 Å². The first-order chi connectivity index (χ1) is 12.0. The minimum absolute atomic E-state index is 0.232. The molecule has 1 aliphatic rings. The Labute approximate surface area is 153 Å². The molecule has 2 aromatic rings. The molecule has 0 saturated heterocycles. The van der Waals surface area contributed by atoms with E-state index < -0.39 is 5.97 Å². The molecule has 1 aromatic carbocycles. The molecular formula is C19H16BrNO4. The van der Waals surface area contributed by atoms with Crippen LogP contribution in [0.3, 0.4) is 0 Å². The van der Waals surface area contributed by atoms with Crippen LogP contribution in [0, 0.1) is 0 Å². The lowest BCUT2D eigenvalue weighted by Gasteiger charge is -2.17. The number of amides is 1. The van der Waals surface area contributed by atoms with Gasteiger partial charge in [0, 0.05) is 15.9 Å². The summed E-state index contributed by atoms with van der Waals surface area (Å²) in [5.41, 5.74) is 1.72. The Balaban J connectivity index is 2.11. The van der Waals surface area contributed by atoms with E-state index in [0.29, 0.717) is 17.1 Å². The van der Waals surface area contributed by atoms with Crippen molar-refractivity contribution in [1.82, 2.24) is 0 Å². The minimum Gasteiger partial charge on any atom is -0.465 e. The monoisotopic (exact) mass is 401 g/mol. The van der Waals surface area contributed by atoms with Crippen molar-refractivity contribution in [3.63, 3.8) is 0 Å². The molecule has 0 spiro atoms. The number of nitrogens with zero attached hydrogens (tertiary/aromatic N) is 1. The number of halogens is 1. The van der Waals surface area contributed by atoms with Crippen LogP contribution in [0.5, 0.6) is 0 Å². The number of esters is 1. The minimum atomic E-state index is -0.522. The highest BCUT2D eigenvalue weighted by Gasteiger charge is 2.38. The van der Waals surface area contributed by atoms with E-state index in [-0.39, 0.29) is 23.7 Å². The molecule has 0 unspecified atom stereocenters. The number of anilines is 1. The topological polar surface area (TPSA) is 59.8 Å². The van der Waals surface area contributed by atoms with Crippen LogP contribution in [0.25, 0.3) is 6.08 Å². The van der Waals surface area contributed by atoms with Gasteiger partial charge in [0.2, 0.25) is 0 Å². The predicted octanol–water partition coefficient (Wildman–Crippen LogP) is 4.31. The highest BCUT2D eigenvalue weighted by atomic mass is 79.9. The second kappa shape index (κ2) is 7.11. The molecule has 5 nitrogen and oxygen atoms in total. The Bertz CT molecular complexity index is 863. The van der Waals surface area contributed by atoms with Gasteiger partial charge in [-0.15, -0.1) is 0 Å². The largest absolute Gasteiger partial charge is 0.465 e. The van der Waals surface area contributed by atoms with Crippen molar-refractivity contribution >= 4 is 39.6 Å². The maximum Gasteiger partial charge on any atom is 0.340 e. The molecule has 0 fully saturated rings. The second-order valence-corrected chi connectivity index (χ2v) is 6.29. The zero-order valence-electron chi connectivity index (χ0n) is 13.8. The summed E-state index contributed by atoms with van der Waals surface area (Å²) in [4.78, 5) is 26.9. The highest BCUT2D eigenvalue weighted by molar-refractivity contribution is 9.10. The van der Waals surface area contributed by atoms with Crippen LogP contribution in [0.15, 0.2) is 68.4 Å². The molecule has 1 aliphatic heterocycles. The van der Waals surface area contributed by atoms with Crippen LogP contribution in [-0.2, 0) is 14.3 Å². The van der Waals surface area contributed by atoms with Crippen LogP contribution in [0.1, 0.15) is 19.6 Å². The number of benzene rings is 1. The molecular weight excluding hydrogens is 386 g/mol. The summed E-state index contributed by atoms with van der Waals surface area (Å²) in [6, 6.07) is 10.7. The molecule has 0 saturated carbocycles. The van der Waals surface area contributed by atoms with Gasteiger partial charge in [0.1, 0.15) is 5.76 Å². The number of carbonyl (C=O) groups is 2. The van der Waals surface area contributed by atoms with Crippen LogP contribution in [0.4, 0.5) is 5.69 Å². The Hall–Kier alpha value is -2.60. The van der Waals surface area contributed by atoms with E-state index in [1.165, 1.54) is 11.2 Å². The number of allylic oxidation sites excluding steroid dienone is 1. The zero-order valence-corrected chi connectivity index (χ0v) is 15.4. The third-order valence-corrected chi connectivity index (χ3v) is 4.32. The average Bonchev–Trinajstić information content (AvgIpc) is 3.17. The molecule has 128 valence electrons. The molecule has 0 atom stereocenters. The van der Waals surface area contributed by atoms with Gasteiger partial charge in [-0.25, -0.2) is 4.79 Å². The van der Waals surface area contributed by atoms with Crippen molar-refractivity contribution in [3.05, 3.63) is 69.7 Å². The van der Waals surface area contributed by atoms with Gasteiger partial charge in [-0.2, -0.15) is 0 Å². The van der Waals surface area contributed by atoms with E-state index >= 15 is 0 Å². The first-order valence-electron chi connectivity index (χ1n) is 7.76. The number of carbonyl (C=O) groups excluding carboxylic acids is 2. The normalized spacial score (nSPS) is 16.0. The summed E-state index contributed by atoms with van der Waals surface area (Å²) in [5, 5.41) is 0. The Morgan fingerprint density at radius 2 is 2.00 bits per heavy atom. The third kappa shape index (κ3) is 3.30. The Kier molecular flexibility index (Phi) is 4.90. The van der Waals surface area contributed by atoms with Gasteiger partial charge in [0.15, 0.2) is 0 Å². The fraction of sp³-hybridized carbons (Fsp3) is 0.158. The second-order valence-electron chi connectivity index (χ2n) is 5.37. The summed E-state index contributed by atoms with van der Waals surface area (Å²) >= 11 is 3.38. The van der Waals surface area contributed by atoms with E-state index in [0.717, 1.165) is 4.47 Å². The lowest BCUT2D eigenvalue weighted by atomic mass is 10.1. The molecule has 25 heavy (non-hydrogen) atoms. The average molecular weight is 402 g/mol. The van der Waals surface area contributed by atoms with Crippen molar-refractivity contribution in [3.8, 4) is 0 Å². The number of hydrogen-bond acceptors (Lipinski definition) is 4. The zero-order chi connectivity index (χ0) is 18.0. The molecule has 1 amide bonds. The lowest BCUT2D eigenvalue weighted by Crippen LogP contribution is -2.24. The maximum atomic E-state index is 13.0. The SMILES string of the molecule is CCOC(=O)C1=C(C)N(c2ccc(Br)cc2)C(=O)/C1=C\c1ccco1. The van der Waals surface area contributed by atoms with E-state index in [1.54, 1.807) is 32.1 Å². The first-order valence-corrected chi connectivity index (χ1v) is 8.55. The predicted molar refractivity (Wildman–Crippen MR) is 97.6 cm³/mol. The van der Waals surface area contributed by atoms with Crippen LogP contribution >= 0.6 is 15.9 Å². The maximum absolute atomic E-state index is 13.0. The lowest BCUT2D eigenvalue weighted by molar-refractivity contribution is -0.138. The van der Waals surface area contributed by atoms with E-state index in [9.17, 15) is 9.59 Å². The molecule has 0 radical (unpaired) electrons. The molecule has 0 bridgehead atoms. The summed E-state index contributed by atoms with van der Waals surface area (Å²) in [6.07, 6.45) is 3.08. The van der Waals surface area contributed by atoms with Crippen molar-refractivity contribution in [2.45, 2.75) is 13.8 Å². The van der Waals surface area contributed by atoms with E-state index in [2.05, 4.69) is 15.9 Å². The smallest absolute Gasteiger partial charge is 0.340 e. The number of hydrogen-bond donors (Lipinski definition) is 0. The van der Waals surface area contributed by atoms with Crippen molar-refractivity contribution < 1.29 is 18.7 Å². The van der Waals surface area contributed by atoms with E-state index in [1.807, 2.05) is 24.3 Å². The van der Waals surface area contributed by atoms with Gasteiger partial charge in [-0.1, -0.05) is 15.9 Å². The third-order valence-electron chi connectivity index (χ3n) is 3.79. The van der Waals surface area contributed by atoms with Crippen molar-refractivity contribution in [2.75, 3.05) is 11.5 Å². The summed E-state index contributed by atoms with van der Waals surface area (Å²) < 4.78 is 11.3. The van der Waals surface area contributed by atoms with Gasteiger partial charge in [0.25, 0.3) is 5.91 Å². The highest BCUT2D eigenvalue weighted by Crippen LogP contribution is 2.35. The Morgan fingerprint density at radius 1 is 1.28 bits per heavy atom. The molecule has 1 aromatic heterocycles. The summed E-state index contributed by atoms with van der Waals surface area (Å²) in [6.45, 7) is 3.69. The van der Waals surface area contributed by atoms with Crippen LogP contribution in [0.2, 0.25) is 0 Å². The van der Waals surface area contributed by atoms with Crippen molar-refractivity contribution in [1.29, 1.82) is 0 Å². The summed E-state index contributed by atoms with van der Waals surface area (Å²) in [7, 11) is 0. The van der Waals surface area contributed by atoms with Crippen LogP contribution < -0.4 is 4.90 Å². The fourth-order valence-corrected chi connectivity index (χ4v) is 2.96. The summed E-state index contributed by atoms with van der Waals surface area (Å²) in [5.74, 6) is -0.319. The van der Waals surface area contributed by atoms with E-state index in [4.69, 9.17) is 9.15 Å². The fourth-order valence-electron chi connectivity index (χ4n) is 2.70. The van der Waals surface area contributed by atoms with Gasteiger partial charge in [-0.3, -0.25) is 9.69 Å². The quantitative estimate of drug-likeness (QED) is 0.565. The molecule has 2 heterocycles.